The summed E-state index contributed by atoms with van der Waals surface area (Å²) in [6.45, 7) is 7.15. The van der Waals surface area contributed by atoms with Crippen LogP contribution in [0.1, 0.15) is 36.7 Å². The number of carbonyl (C=O) groups is 3. The summed E-state index contributed by atoms with van der Waals surface area (Å²) >= 11 is 12.3. The molecule has 0 aliphatic carbocycles. The Morgan fingerprint density at radius 1 is 0.852 bits per heavy atom. The molecular formula is C35H45Cl2N7O8S2. The second kappa shape index (κ2) is 18.0. The Kier molecular flexibility index (Phi) is 14.2. The second-order valence-electron chi connectivity index (χ2n) is 13.5. The average molecular weight is 827 g/mol. The highest BCUT2D eigenvalue weighted by atomic mass is 35.5. The molecule has 0 saturated carbocycles. The number of ether oxygens (including phenoxy) is 1. The Bertz CT molecular complexity index is 2030. The molecule has 1 aliphatic rings. The SMILES string of the molecule is CN(c1ccc(CNC(=O)CNCCNC(=O)OC(C)(C)C)cc1C(=O)Nc1ccc(S(=O)(=O)N2CCN(c3cc(Cl)cc(Cl)c3)CC2)cc1)S(C)(=O)=O. The summed E-state index contributed by atoms with van der Waals surface area (Å²) in [5.74, 6) is -1.00. The van der Waals surface area contributed by atoms with Gasteiger partial charge < -0.3 is 30.9 Å². The zero-order valence-corrected chi connectivity index (χ0v) is 33.8. The van der Waals surface area contributed by atoms with E-state index in [9.17, 15) is 31.2 Å². The van der Waals surface area contributed by atoms with E-state index in [4.69, 9.17) is 27.9 Å². The number of halogens is 2. The Hall–Kier alpha value is -4.13. The maximum Gasteiger partial charge on any atom is 0.407 e. The summed E-state index contributed by atoms with van der Waals surface area (Å²) < 4.78 is 59.3. The summed E-state index contributed by atoms with van der Waals surface area (Å²) in [6.07, 6.45) is 0.441. The first-order valence-corrected chi connectivity index (χ1v) is 20.9. The van der Waals surface area contributed by atoms with Crippen molar-refractivity contribution in [3.05, 3.63) is 81.8 Å². The van der Waals surface area contributed by atoms with Crippen molar-refractivity contribution in [3.63, 3.8) is 0 Å². The van der Waals surface area contributed by atoms with Crippen LogP contribution in [0.2, 0.25) is 10.0 Å². The molecule has 19 heteroatoms. The number of anilines is 3. The molecule has 0 radical (unpaired) electrons. The van der Waals surface area contributed by atoms with Gasteiger partial charge in [-0.15, -0.1) is 0 Å². The first kappa shape index (κ1) is 42.6. The van der Waals surface area contributed by atoms with E-state index >= 15 is 0 Å². The van der Waals surface area contributed by atoms with Gasteiger partial charge in [0.25, 0.3) is 5.91 Å². The molecule has 4 rings (SSSR count). The van der Waals surface area contributed by atoms with Gasteiger partial charge in [-0.1, -0.05) is 29.3 Å². The van der Waals surface area contributed by atoms with Gasteiger partial charge in [-0.2, -0.15) is 4.31 Å². The van der Waals surface area contributed by atoms with Crippen LogP contribution in [0.3, 0.4) is 0 Å². The van der Waals surface area contributed by atoms with Crippen molar-refractivity contribution in [2.45, 2.75) is 37.8 Å². The fraction of sp³-hybridized carbons (Fsp3) is 0.400. The van der Waals surface area contributed by atoms with Crippen molar-refractivity contribution in [1.82, 2.24) is 20.3 Å². The van der Waals surface area contributed by atoms with Crippen LogP contribution >= 0.6 is 23.2 Å². The topological polar surface area (TPSA) is 187 Å². The highest BCUT2D eigenvalue weighted by molar-refractivity contribution is 7.92. The standard InChI is InChI=1S/C35H45Cl2N7O8S2/c1-35(2,3)52-34(47)39-13-12-38-23-32(45)40-22-24-6-11-31(42(4)53(5,48)49)30(18-24)33(46)41-27-7-9-29(10-8-27)54(50,51)44-16-14-43(15-17-44)28-20-25(36)19-26(37)21-28/h6-11,18-21,38H,12-17,22-23H2,1-5H3,(H,39,47)(H,40,45)(H,41,46). The van der Waals surface area contributed by atoms with Crippen LogP contribution in [0.15, 0.2) is 65.6 Å². The molecule has 4 N–H and O–H groups in total. The Morgan fingerprint density at radius 2 is 1.48 bits per heavy atom. The number of amides is 3. The normalized spacial score (nSPS) is 13.9. The molecule has 0 aromatic heterocycles. The molecule has 1 fully saturated rings. The fourth-order valence-electron chi connectivity index (χ4n) is 5.33. The van der Waals surface area contributed by atoms with E-state index in [1.807, 2.05) is 4.90 Å². The molecule has 1 saturated heterocycles. The molecule has 3 aromatic carbocycles. The number of rotatable bonds is 14. The summed E-state index contributed by atoms with van der Waals surface area (Å²) in [7, 11) is -6.28. The minimum Gasteiger partial charge on any atom is -0.444 e. The van der Waals surface area contributed by atoms with E-state index in [1.54, 1.807) is 45.0 Å². The molecule has 1 heterocycles. The molecular weight excluding hydrogens is 781 g/mol. The maximum absolute atomic E-state index is 13.6. The van der Waals surface area contributed by atoms with Crippen LogP contribution in [0.5, 0.6) is 0 Å². The molecule has 15 nitrogen and oxygen atoms in total. The van der Waals surface area contributed by atoms with Gasteiger partial charge in [0.2, 0.25) is 26.0 Å². The van der Waals surface area contributed by atoms with Gasteiger partial charge in [-0.3, -0.25) is 13.9 Å². The van der Waals surface area contributed by atoms with Crippen LogP contribution in [-0.2, 0) is 36.1 Å². The smallest absolute Gasteiger partial charge is 0.407 e. The lowest BCUT2D eigenvalue weighted by atomic mass is 10.1. The number of hydrogen-bond donors (Lipinski definition) is 4. The van der Waals surface area contributed by atoms with Crippen LogP contribution in [0, 0.1) is 0 Å². The number of sulfonamides is 2. The van der Waals surface area contributed by atoms with Crippen LogP contribution in [-0.4, -0.2) is 104 Å². The number of alkyl carbamates (subject to hydrolysis) is 1. The number of benzene rings is 3. The number of nitrogens with zero attached hydrogens (tertiary/aromatic N) is 3. The highest BCUT2D eigenvalue weighted by Crippen LogP contribution is 2.28. The van der Waals surface area contributed by atoms with Crippen molar-refractivity contribution >= 4 is 78.2 Å². The minimum absolute atomic E-state index is 0.0107. The highest BCUT2D eigenvalue weighted by Gasteiger charge is 2.29. The predicted octanol–water partition coefficient (Wildman–Crippen LogP) is 3.88. The van der Waals surface area contributed by atoms with Gasteiger partial charge in [-0.05, 0) is 80.9 Å². The third-order valence-electron chi connectivity index (χ3n) is 8.09. The summed E-state index contributed by atoms with van der Waals surface area (Å²) in [5.41, 5.74) is 1.09. The Morgan fingerprint density at radius 3 is 2.07 bits per heavy atom. The molecule has 54 heavy (non-hydrogen) atoms. The number of nitrogens with one attached hydrogen (secondary N) is 4. The Balaban J connectivity index is 1.37. The molecule has 3 amide bonds. The predicted molar refractivity (Wildman–Crippen MR) is 210 cm³/mol. The first-order chi connectivity index (χ1) is 25.2. The fourth-order valence-corrected chi connectivity index (χ4v) is 7.78. The maximum atomic E-state index is 13.6. The third kappa shape index (κ3) is 12.2. The van der Waals surface area contributed by atoms with Crippen molar-refractivity contribution in [2.24, 2.45) is 0 Å². The second-order valence-corrected chi connectivity index (χ2v) is 18.3. The minimum atomic E-state index is -3.85. The van der Waals surface area contributed by atoms with E-state index in [-0.39, 0.29) is 60.5 Å². The molecule has 1 aliphatic heterocycles. The van der Waals surface area contributed by atoms with Crippen LogP contribution in [0.4, 0.5) is 21.9 Å². The van der Waals surface area contributed by atoms with Gasteiger partial charge in [0, 0.05) is 74.3 Å². The average Bonchev–Trinajstić information content (AvgIpc) is 3.09. The van der Waals surface area contributed by atoms with Crippen molar-refractivity contribution in [1.29, 1.82) is 0 Å². The molecule has 0 bridgehead atoms. The molecule has 0 spiro atoms. The van der Waals surface area contributed by atoms with Gasteiger partial charge in [0.15, 0.2) is 0 Å². The molecule has 3 aromatic rings. The lowest BCUT2D eigenvalue weighted by Crippen LogP contribution is -2.48. The van der Waals surface area contributed by atoms with Crippen molar-refractivity contribution in [2.75, 3.05) is 73.6 Å². The van der Waals surface area contributed by atoms with Crippen molar-refractivity contribution in [3.8, 4) is 0 Å². The van der Waals surface area contributed by atoms with E-state index in [0.717, 1.165) is 16.2 Å². The van der Waals surface area contributed by atoms with Crippen LogP contribution < -0.4 is 30.5 Å². The quantitative estimate of drug-likeness (QED) is 0.174. The Labute approximate surface area is 326 Å². The molecule has 294 valence electrons. The van der Waals surface area contributed by atoms with Gasteiger partial charge in [0.05, 0.1) is 28.9 Å². The summed E-state index contributed by atoms with van der Waals surface area (Å²) in [5, 5.41) is 11.9. The molecule has 0 unspecified atom stereocenters. The van der Waals surface area contributed by atoms with Crippen molar-refractivity contribution < 1.29 is 36.0 Å². The third-order valence-corrected chi connectivity index (χ3v) is 11.6. The zero-order valence-electron chi connectivity index (χ0n) is 30.6. The lowest BCUT2D eigenvalue weighted by Gasteiger charge is -2.35. The van der Waals surface area contributed by atoms with Gasteiger partial charge >= 0.3 is 6.09 Å². The lowest BCUT2D eigenvalue weighted by molar-refractivity contribution is -0.120. The van der Waals surface area contributed by atoms with E-state index < -0.39 is 37.6 Å². The van der Waals surface area contributed by atoms with Crippen LogP contribution in [0.25, 0.3) is 0 Å². The largest absolute Gasteiger partial charge is 0.444 e. The van der Waals surface area contributed by atoms with Gasteiger partial charge in [-0.25, -0.2) is 21.6 Å². The summed E-state index contributed by atoms with van der Waals surface area (Å²) in [4.78, 5) is 39.8. The number of carbonyl (C=O) groups excluding carboxylic acids is 3. The number of piperazine rings is 1. The first-order valence-electron chi connectivity index (χ1n) is 16.9. The summed E-state index contributed by atoms with van der Waals surface area (Å²) in [6, 6.07) is 15.4. The van der Waals surface area contributed by atoms with E-state index in [1.165, 1.54) is 47.8 Å². The monoisotopic (exact) mass is 825 g/mol. The zero-order chi connectivity index (χ0) is 39.8. The van der Waals surface area contributed by atoms with Gasteiger partial charge in [0.1, 0.15) is 5.60 Å². The number of hydrogen-bond acceptors (Lipinski definition) is 10. The van der Waals surface area contributed by atoms with E-state index in [2.05, 4.69) is 21.3 Å². The van der Waals surface area contributed by atoms with E-state index in [0.29, 0.717) is 35.2 Å². The molecule has 0 atom stereocenters.